The van der Waals surface area contributed by atoms with Gasteiger partial charge in [-0.05, 0) is 17.7 Å². The Labute approximate surface area is 120 Å². The molecule has 0 amide bonds. The van der Waals surface area contributed by atoms with Gasteiger partial charge in [-0.2, -0.15) is 0 Å². The van der Waals surface area contributed by atoms with Crippen molar-refractivity contribution >= 4 is 16.9 Å². The largest absolute Gasteiger partial charge is 0.481 e. The van der Waals surface area contributed by atoms with E-state index < -0.39 is 17.7 Å². The molecular weight excluding hydrogens is 271 g/mol. The van der Waals surface area contributed by atoms with Gasteiger partial charge in [0.15, 0.2) is 11.4 Å². The quantitative estimate of drug-likeness (QED) is 0.788. The van der Waals surface area contributed by atoms with Gasteiger partial charge in [0.2, 0.25) is 0 Å². The van der Waals surface area contributed by atoms with Crippen LogP contribution in [0.4, 0.5) is 4.39 Å². The zero-order valence-corrected chi connectivity index (χ0v) is 11.1. The van der Waals surface area contributed by atoms with Gasteiger partial charge in [0, 0.05) is 11.8 Å². The van der Waals surface area contributed by atoms with E-state index in [4.69, 9.17) is 4.42 Å². The maximum absolute atomic E-state index is 13.6. The van der Waals surface area contributed by atoms with E-state index in [1.54, 1.807) is 42.5 Å². The maximum atomic E-state index is 13.6. The maximum Gasteiger partial charge on any atom is 0.311 e. The predicted molar refractivity (Wildman–Crippen MR) is 76.7 cm³/mol. The van der Waals surface area contributed by atoms with E-state index in [0.717, 1.165) is 0 Å². The van der Waals surface area contributed by atoms with E-state index in [2.05, 4.69) is 0 Å². The Kier molecular flexibility index (Phi) is 3.44. The van der Waals surface area contributed by atoms with Crippen LogP contribution in [0.1, 0.15) is 17.2 Å². The Bertz CT molecular complexity index is 777. The third-order valence-electron chi connectivity index (χ3n) is 3.45. The van der Waals surface area contributed by atoms with Crippen LogP contribution in [0, 0.1) is 5.82 Å². The summed E-state index contributed by atoms with van der Waals surface area (Å²) in [6.45, 7) is 0. The highest BCUT2D eigenvalue weighted by Gasteiger charge is 2.22. The molecule has 0 radical (unpaired) electrons. The minimum Gasteiger partial charge on any atom is -0.481 e. The third kappa shape index (κ3) is 2.65. The molecule has 4 heteroatoms. The number of rotatable bonds is 4. The normalized spacial score (nSPS) is 12.4. The van der Waals surface area contributed by atoms with Gasteiger partial charge in [0.25, 0.3) is 0 Å². The topological polar surface area (TPSA) is 50.4 Å². The lowest BCUT2D eigenvalue weighted by molar-refractivity contribution is -0.138. The summed E-state index contributed by atoms with van der Waals surface area (Å²) in [5.41, 5.74) is 0.871. The molecule has 106 valence electrons. The second kappa shape index (κ2) is 5.40. The highest BCUT2D eigenvalue weighted by atomic mass is 19.1. The van der Waals surface area contributed by atoms with Crippen molar-refractivity contribution in [3.63, 3.8) is 0 Å². The number of carbonyl (C=O) groups is 1. The first-order valence-electron chi connectivity index (χ1n) is 6.60. The molecule has 3 rings (SSSR count). The second-order valence-electron chi connectivity index (χ2n) is 4.88. The molecule has 2 aromatic carbocycles. The number of hydrogen-bond acceptors (Lipinski definition) is 2. The van der Waals surface area contributed by atoms with Crippen LogP contribution in [0.25, 0.3) is 11.0 Å². The summed E-state index contributed by atoms with van der Waals surface area (Å²) in [5.74, 6) is -1.62. The number of carboxylic acid groups (broad SMARTS) is 1. The number of hydrogen-bond donors (Lipinski definition) is 1. The molecule has 0 aliphatic heterocycles. The van der Waals surface area contributed by atoms with Crippen LogP contribution in [-0.2, 0) is 11.2 Å². The molecule has 0 saturated carbocycles. The van der Waals surface area contributed by atoms with Crippen molar-refractivity contribution in [2.24, 2.45) is 0 Å². The predicted octanol–water partition coefficient (Wildman–Crippen LogP) is 3.98. The van der Waals surface area contributed by atoms with E-state index in [9.17, 15) is 14.3 Å². The molecule has 1 heterocycles. The van der Waals surface area contributed by atoms with Gasteiger partial charge in [-0.25, -0.2) is 4.39 Å². The van der Waals surface area contributed by atoms with Gasteiger partial charge >= 0.3 is 5.97 Å². The summed E-state index contributed by atoms with van der Waals surface area (Å²) >= 11 is 0. The Hall–Kier alpha value is -2.62. The van der Waals surface area contributed by atoms with Crippen LogP contribution < -0.4 is 0 Å². The number of halogens is 1. The van der Waals surface area contributed by atoms with Crippen LogP contribution in [0.5, 0.6) is 0 Å². The van der Waals surface area contributed by atoms with E-state index in [-0.39, 0.29) is 12.0 Å². The molecule has 0 fully saturated rings. The van der Waals surface area contributed by atoms with Crippen molar-refractivity contribution in [3.05, 3.63) is 71.7 Å². The van der Waals surface area contributed by atoms with Crippen LogP contribution in [0.3, 0.4) is 0 Å². The van der Waals surface area contributed by atoms with Crippen molar-refractivity contribution in [1.29, 1.82) is 0 Å². The lowest BCUT2D eigenvalue weighted by atomic mass is 9.95. The molecule has 1 atom stereocenters. The number of carboxylic acids is 1. The van der Waals surface area contributed by atoms with Crippen molar-refractivity contribution < 1.29 is 18.7 Å². The molecule has 0 saturated heterocycles. The van der Waals surface area contributed by atoms with Crippen LogP contribution in [-0.4, -0.2) is 11.1 Å². The Balaban J connectivity index is 1.95. The molecule has 1 aromatic heterocycles. The molecule has 0 aliphatic rings. The fourth-order valence-corrected chi connectivity index (χ4v) is 2.42. The van der Waals surface area contributed by atoms with Gasteiger partial charge in [-0.15, -0.1) is 0 Å². The first-order chi connectivity index (χ1) is 10.1. The number of para-hydroxylation sites is 1. The highest BCUT2D eigenvalue weighted by Crippen LogP contribution is 2.27. The van der Waals surface area contributed by atoms with E-state index in [1.807, 2.05) is 6.07 Å². The minimum atomic E-state index is -0.929. The van der Waals surface area contributed by atoms with Gasteiger partial charge in [0.05, 0.1) is 5.92 Å². The van der Waals surface area contributed by atoms with Crippen LogP contribution in [0.2, 0.25) is 0 Å². The number of aliphatic carboxylic acids is 1. The van der Waals surface area contributed by atoms with Crippen LogP contribution >= 0.6 is 0 Å². The standard InChI is InChI=1S/C17H13FO3/c18-15-8-4-7-12-9-13(21-16(12)15)10-14(17(19)20)11-5-2-1-3-6-11/h1-9,14H,10H2,(H,19,20). The number of furan rings is 1. The van der Waals surface area contributed by atoms with Gasteiger partial charge in [-0.3, -0.25) is 4.79 Å². The van der Waals surface area contributed by atoms with Crippen LogP contribution in [0.15, 0.2) is 59.0 Å². The molecule has 0 spiro atoms. The summed E-state index contributed by atoms with van der Waals surface area (Å²) in [6, 6.07) is 15.3. The molecule has 3 aromatic rings. The zero-order valence-electron chi connectivity index (χ0n) is 11.1. The highest BCUT2D eigenvalue weighted by molar-refractivity contribution is 5.79. The molecule has 3 nitrogen and oxygen atoms in total. The average molecular weight is 284 g/mol. The summed E-state index contributed by atoms with van der Waals surface area (Å²) < 4.78 is 19.1. The smallest absolute Gasteiger partial charge is 0.311 e. The van der Waals surface area contributed by atoms with Gasteiger partial charge in [0.1, 0.15) is 5.76 Å². The van der Waals surface area contributed by atoms with Crippen molar-refractivity contribution in [2.45, 2.75) is 12.3 Å². The van der Waals surface area contributed by atoms with Crippen molar-refractivity contribution in [1.82, 2.24) is 0 Å². The number of fused-ring (bicyclic) bond motifs is 1. The molecule has 0 bridgehead atoms. The SMILES string of the molecule is O=C(O)C(Cc1cc2cccc(F)c2o1)c1ccccc1. The van der Waals surface area contributed by atoms with E-state index in [1.165, 1.54) is 6.07 Å². The first kappa shape index (κ1) is 13.4. The number of benzene rings is 2. The fourth-order valence-electron chi connectivity index (χ4n) is 2.42. The zero-order chi connectivity index (χ0) is 14.8. The Morgan fingerprint density at radius 3 is 2.57 bits per heavy atom. The Morgan fingerprint density at radius 1 is 1.14 bits per heavy atom. The van der Waals surface area contributed by atoms with E-state index in [0.29, 0.717) is 16.7 Å². The summed E-state index contributed by atoms with van der Waals surface area (Å²) in [7, 11) is 0. The average Bonchev–Trinajstić information content (AvgIpc) is 2.90. The fraction of sp³-hybridized carbons (Fsp3) is 0.118. The first-order valence-corrected chi connectivity index (χ1v) is 6.60. The van der Waals surface area contributed by atoms with Gasteiger partial charge in [-0.1, -0.05) is 42.5 Å². The monoisotopic (exact) mass is 284 g/mol. The molecule has 0 aliphatic carbocycles. The third-order valence-corrected chi connectivity index (χ3v) is 3.45. The molecule has 1 N–H and O–H groups in total. The van der Waals surface area contributed by atoms with Gasteiger partial charge < -0.3 is 9.52 Å². The lowest BCUT2D eigenvalue weighted by Crippen LogP contribution is -2.14. The van der Waals surface area contributed by atoms with Crippen molar-refractivity contribution in [2.75, 3.05) is 0 Å². The Morgan fingerprint density at radius 2 is 1.90 bits per heavy atom. The molecule has 21 heavy (non-hydrogen) atoms. The molecule has 1 unspecified atom stereocenters. The van der Waals surface area contributed by atoms with E-state index >= 15 is 0 Å². The minimum absolute atomic E-state index is 0.171. The summed E-state index contributed by atoms with van der Waals surface area (Å²) in [5, 5.41) is 10.0. The summed E-state index contributed by atoms with van der Waals surface area (Å²) in [4.78, 5) is 11.5. The summed E-state index contributed by atoms with van der Waals surface area (Å²) in [6.07, 6.45) is 0.188. The second-order valence-corrected chi connectivity index (χ2v) is 4.88. The molecular formula is C17H13FO3. The lowest BCUT2D eigenvalue weighted by Gasteiger charge is -2.10. The van der Waals surface area contributed by atoms with Crippen molar-refractivity contribution in [3.8, 4) is 0 Å².